The molecule has 0 aliphatic carbocycles. The highest BCUT2D eigenvalue weighted by atomic mass is 16.5. The second-order valence-electron chi connectivity index (χ2n) is 2.32. The van der Waals surface area contributed by atoms with E-state index in [2.05, 4.69) is 4.74 Å². The summed E-state index contributed by atoms with van der Waals surface area (Å²) in [5, 5.41) is 0. The summed E-state index contributed by atoms with van der Waals surface area (Å²) in [7, 11) is 0. The van der Waals surface area contributed by atoms with Crippen molar-refractivity contribution in [3.8, 4) is 0 Å². The van der Waals surface area contributed by atoms with E-state index in [0.717, 1.165) is 6.29 Å². The minimum Gasteiger partial charge on any atom is -0.463 e. The Kier molecular flexibility index (Phi) is 5.97. The van der Waals surface area contributed by atoms with Crippen molar-refractivity contribution >= 4 is 12.3 Å². The van der Waals surface area contributed by atoms with Crippen molar-refractivity contribution in [2.24, 2.45) is 5.92 Å². The van der Waals surface area contributed by atoms with Crippen LogP contribution in [0.1, 0.15) is 20.3 Å². The monoisotopic (exact) mass is 170 g/mol. The largest absolute Gasteiger partial charge is 0.463 e. The fraction of sp³-hybridized carbons (Fsp3) is 0.556. The molecule has 0 aliphatic heterocycles. The summed E-state index contributed by atoms with van der Waals surface area (Å²) in [5.74, 6) is -0.563. The van der Waals surface area contributed by atoms with E-state index in [1.807, 2.05) is 6.92 Å². The molecule has 0 aliphatic rings. The van der Waals surface area contributed by atoms with Crippen LogP contribution >= 0.6 is 0 Å². The molecule has 0 aromatic carbocycles. The van der Waals surface area contributed by atoms with Crippen LogP contribution < -0.4 is 0 Å². The van der Waals surface area contributed by atoms with Gasteiger partial charge in [0.2, 0.25) is 0 Å². The van der Waals surface area contributed by atoms with E-state index in [4.69, 9.17) is 0 Å². The van der Waals surface area contributed by atoms with Gasteiger partial charge in [-0.05, 0) is 13.3 Å². The summed E-state index contributed by atoms with van der Waals surface area (Å²) in [6.45, 7) is 3.98. The summed E-state index contributed by atoms with van der Waals surface area (Å²) in [6.07, 6.45) is 4.38. The molecule has 0 saturated heterocycles. The Labute approximate surface area is 72.4 Å². The van der Waals surface area contributed by atoms with E-state index >= 15 is 0 Å². The van der Waals surface area contributed by atoms with Crippen molar-refractivity contribution in [3.05, 3.63) is 12.2 Å². The lowest BCUT2D eigenvalue weighted by Gasteiger charge is -1.98. The average molecular weight is 170 g/mol. The Hall–Kier alpha value is -1.12. The molecule has 3 nitrogen and oxygen atoms in total. The average Bonchev–Trinajstić information content (AvgIpc) is 2.07. The van der Waals surface area contributed by atoms with Crippen LogP contribution in [0, 0.1) is 5.92 Å². The Morgan fingerprint density at radius 2 is 2.17 bits per heavy atom. The summed E-state index contributed by atoms with van der Waals surface area (Å²) >= 11 is 0. The summed E-state index contributed by atoms with van der Waals surface area (Å²) in [6, 6.07) is 0. The Morgan fingerprint density at radius 1 is 1.50 bits per heavy atom. The fourth-order valence-corrected chi connectivity index (χ4v) is 0.670. The maximum atomic E-state index is 10.8. The molecule has 1 unspecified atom stereocenters. The molecule has 0 spiro atoms. The quantitative estimate of drug-likeness (QED) is 0.355. The van der Waals surface area contributed by atoms with Gasteiger partial charge < -0.3 is 9.53 Å². The first-order valence-electron chi connectivity index (χ1n) is 4.04. The second kappa shape index (κ2) is 6.58. The van der Waals surface area contributed by atoms with Gasteiger partial charge in [0.25, 0.3) is 0 Å². The predicted octanol–water partition coefficient (Wildman–Crippen LogP) is 1.33. The van der Waals surface area contributed by atoms with Crippen LogP contribution in [0.4, 0.5) is 0 Å². The summed E-state index contributed by atoms with van der Waals surface area (Å²) < 4.78 is 4.64. The first-order valence-corrected chi connectivity index (χ1v) is 4.04. The van der Waals surface area contributed by atoms with E-state index in [1.54, 1.807) is 13.0 Å². The minimum atomic E-state index is -0.391. The fourth-order valence-electron chi connectivity index (χ4n) is 0.670. The lowest BCUT2D eigenvalue weighted by Crippen LogP contribution is -2.01. The number of esters is 1. The van der Waals surface area contributed by atoms with E-state index in [9.17, 15) is 9.59 Å². The molecule has 0 N–H and O–H groups in total. The first-order chi connectivity index (χ1) is 5.74. The maximum absolute atomic E-state index is 10.8. The molecule has 3 heteroatoms. The van der Waals surface area contributed by atoms with E-state index in [0.29, 0.717) is 13.0 Å². The van der Waals surface area contributed by atoms with E-state index in [-0.39, 0.29) is 5.92 Å². The highest BCUT2D eigenvalue weighted by Crippen LogP contribution is 1.99. The van der Waals surface area contributed by atoms with Gasteiger partial charge >= 0.3 is 5.97 Å². The smallest absolute Gasteiger partial charge is 0.330 e. The van der Waals surface area contributed by atoms with Crippen LogP contribution in [0.3, 0.4) is 0 Å². The topological polar surface area (TPSA) is 43.4 Å². The van der Waals surface area contributed by atoms with Crippen LogP contribution in [0.25, 0.3) is 0 Å². The number of allylic oxidation sites excluding steroid dienone is 1. The zero-order chi connectivity index (χ0) is 9.40. The van der Waals surface area contributed by atoms with Gasteiger partial charge in [0, 0.05) is 12.0 Å². The number of carbonyl (C=O) groups excluding carboxylic acids is 2. The van der Waals surface area contributed by atoms with Gasteiger partial charge in [0.15, 0.2) is 0 Å². The molecule has 0 heterocycles. The van der Waals surface area contributed by atoms with Gasteiger partial charge in [0.1, 0.15) is 6.29 Å². The van der Waals surface area contributed by atoms with Gasteiger partial charge in [-0.25, -0.2) is 4.79 Å². The van der Waals surface area contributed by atoms with Crippen LogP contribution in [-0.4, -0.2) is 18.9 Å². The highest BCUT2D eigenvalue weighted by Gasteiger charge is 1.99. The van der Waals surface area contributed by atoms with Crippen LogP contribution in [0.5, 0.6) is 0 Å². The molecule has 12 heavy (non-hydrogen) atoms. The molecule has 68 valence electrons. The van der Waals surface area contributed by atoms with Crippen molar-refractivity contribution < 1.29 is 14.3 Å². The van der Waals surface area contributed by atoms with Crippen LogP contribution in [-0.2, 0) is 14.3 Å². The number of hydrogen-bond donors (Lipinski definition) is 0. The normalized spacial score (nSPS) is 12.8. The molecule has 0 bridgehead atoms. The van der Waals surface area contributed by atoms with Gasteiger partial charge in [-0.2, -0.15) is 0 Å². The van der Waals surface area contributed by atoms with Gasteiger partial charge in [-0.15, -0.1) is 0 Å². The lowest BCUT2D eigenvalue weighted by atomic mass is 10.1. The molecule has 0 radical (unpaired) electrons. The number of aldehydes is 1. The zero-order valence-corrected chi connectivity index (χ0v) is 7.45. The molecule has 0 aromatic rings. The van der Waals surface area contributed by atoms with Crippen LogP contribution in [0.15, 0.2) is 12.2 Å². The Bertz CT molecular complexity index is 173. The van der Waals surface area contributed by atoms with Crippen molar-refractivity contribution in [1.29, 1.82) is 0 Å². The Balaban J connectivity index is 3.86. The van der Waals surface area contributed by atoms with Crippen molar-refractivity contribution in [3.63, 3.8) is 0 Å². The number of hydrogen-bond acceptors (Lipinski definition) is 3. The molecular weight excluding hydrogens is 156 g/mol. The summed E-state index contributed by atoms with van der Waals surface area (Å²) in [4.78, 5) is 21.1. The first kappa shape index (κ1) is 10.9. The molecule has 1 atom stereocenters. The predicted molar refractivity (Wildman–Crippen MR) is 45.6 cm³/mol. The minimum absolute atomic E-state index is 0.172. The lowest BCUT2D eigenvalue weighted by molar-refractivity contribution is -0.137. The van der Waals surface area contributed by atoms with Crippen molar-refractivity contribution in [1.82, 2.24) is 0 Å². The molecule has 0 rings (SSSR count). The van der Waals surface area contributed by atoms with Crippen LogP contribution in [0.2, 0.25) is 0 Å². The third-order valence-corrected chi connectivity index (χ3v) is 1.41. The van der Waals surface area contributed by atoms with Crippen molar-refractivity contribution in [2.75, 3.05) is 6.61 Å². The van der Waals surface area contributed by atoms with Gasteiger partial charge in [-0.1, -0.05) is 13.0 Å². The number of carbonyl (C=O) groups is 2. The second-order valence-corrected chi connectivity index (χ2v) is 2.32. The zero-order valence-electron chi connectivity index (χ0n) is 7.45. The highest BCUT2D eigenvalue weighted by molar-refractivity contribution is 5.82. The third kappa shape index (κ3) is 4.66. The molecular formula is C9H14O3. The van der Waals surface area contributed by atoms with E-state index < -0.39 is 5.97 Å². The summed E-state index contributed by atoms with van der Waals surface area (Å²) in [5.41, 5.74) is 0. The maximum Gasteiger partial charge on any atom is 0.330 e. The van der Waals surface area contributed by atoms with Gasteiger partial charge in [-0.3, -0.25) is 0 Å². The van der Waals surface area contributed by atoms with E-state index in [1.165, 1.54) is 6.08 Å². The third-order valence-electron chi connectivity index (χ3n) is 1.41. The van der Waals surface area contributed by atoms with Gasteiger partial charge in [0.05, 0.1) is 6.61 Å². The molecule has 0 fully saturated rings. The Morgan fingerprint density at radius 3 is 2.58 bits per heavy atom. The molecule has 0 saturated carbocycles. The van der Waals surface area contributed by atoms with Crippen molar-refractivity contribution in [2.45, 2.75) is 20.3 Å². The number of rotatable bonds is 5. The SMILES string of the molecule is CCOC(=O)/C=C/C(C=O)CC. The number of ether oxygens (including phenoxy) is 1. The molecule has 0 aromatic heterocycles. The standard InChI is InChI=1S/C9H14O3/c1-3-8(7-10)5-6-9(11)12-4-2/h5-8H,3-4H2,1-2H3/b6-5+. The molecule has 0 amide bonds.